The van der Waals surface area contributed by atoms with Crippen molar-refractivity contribution in [3.63, 3.8) is 0 Å². The Kier molecular flexibility index (Phi) is 3.97. The maximum atomic E-state index is 12.2. The highest BCUT2D eigenvalue weighted by molar-refractivity contribution is 8.00. The van der Waals surface area contributed by atoms with Crippen molar-refractivity contribution in [1.82, 2.24) is 24.8 Å². The normalized spacial score (nSPS) is 20.5. The molecule has 4 rings (SSSR count). The Labute approximate surface area is 146 Å². The molecule has 1 amide bonds. The second-order valence-electron chi connectivity index (χ2n) is 6.05. The van der Waals surface area contributed by atoms with E-state index in [1.54, 1.807) is 6.07 Å². The molecule has 4 heterocycles. The molecule has 2 aliphatic rings. The highest BCUT2D eigenvalue weighted by Crippen LogP contribution is 2.29. The average molecular weight is 367 g/mol. The van der Waals surface area contributed by atoms with Gasteiger partial charge >= 0.3 is 6.09 Å². The van der Waals surface area contributed by atoms with Crippen LogP contribution in [0.1, 0.15) is 18.5 Å². The van der Waals surface area contributed by atoms with E-state index in [0.29, 0.717) is 18.1 Å². The molecule has 0 saturated carbocycles. The van der Waals surface area contributed by atoms with Gasteiger partial charge in [0.15, 0.2) is 4.34 Å². The molecule has 0 atom stereocenters. The number of carbonyl (C=O) groups excluding carboxylic acids is 1. The first-order chi connectivity index (χ1) is 11.6. The fourth-order valence-corrected chi connectivity index (χ4v) is 4.51. The van der Waals surface area contributed by atoms with Gasteiger partial charge < -0.3 is 10.1 Å². The van der Waals surface area contributed by atoms with E-state index in [0.717, 1.165) is 36.0 Å². The number of hydrogen-bond acceptors (Lipinski definition) is 8. The van der Waals surface area contributed by atoms with E-state index >= 15 is 0 Å². The number of likely N-dealkylation sites (tertiary alicyclic amines) is 1. The molecule has 2 fully saturated rings. The molecule has 8 nitrogen and oxygen atoms in total. The standard InChI is InChI=1S/C14H17N5O3S2/c1-23-13-17-19-10(20)6-9(16-11(19)24-13)7-18-4-2-14(3-5-18)8-15-12(21)22-14/h6H,2-5,7-8H2,1H3,(H,15,21). The second kappa shape index (κ2) is 6.01. The molecule has 2 aromatic heterocycles. The zero-order chi connectivity index (χ0) is 16.7. The predicted octanol–water partition coefficient (Wildman–Crippen LogP) is 0.947. The molecule has 1 N–H and O–H groups in total. The number of nitrogens with zero attached hydrogens (tertiary/aromatic N) is 4. The summed E-state index contributed by atoms with van der Waals surface area (Å²) in [7, 11) is 0. The van der Waals surface area contributed by atoms with Gasteiger partial charge in [0.05, 0.1) is 12.2 Å². The van der Waals surface area contributed by atoms with Gasteiger partial charge in [0, 0.05) is 38.5 Å². The molecular weight excluding hydrogens is 350 g/mol. The molecule has 0 aromatic carbocycles. The van der Waals surface area contributed by atoms with Gasteiger partial charge in [-0.05, 0) is 6.26 Å². The molecule has 0 bridgehead atoms. The lowest BCUT2D eigenvalue weighted by atomic mass is 9.91. The summed E-state index contributed by atoms with van der Waals surface area (Å²) in [6, 6.07) is 1.55. The fourth-order valence-electron chi connectivity index (χ4n) is 3.13. The Hall–Kier alpha value is -1.65. The Bertz CT molecular complexity index is 841. The number of amides is 1. The minimum atomic E-state index is -0.352. The predicted molar refractivity (Wildman–Crippen MR) is 90.6 cm³/mol. The summed E-state index contributed by atoms with van der Waals surface area (Å²) in [6.07, 6.45) is 3.20. The molecular formula is C14H17N5O3S2. The van der Waals surface area contributed by atoms with Crippen molar-refractivity contribution in [3.05, 3.63) is 22.1 Å². The quantitative estimate of drug-likeness (QED) is 0.808. The van der Waals surface area contributed by atoms with Crippen molar-refractivity contribution in [1.29, 1.82) is 0 Å². The minimum absolute atomic E-state index is 0.144. The molecule has 2 aromatic rings. The summed E-state index contributed by atoms with van der Waals surface area (Å²) in [5.74, 6) is 0. The van der Waals surface area contributed by atoms with Gasteiger partial charge in [-0.2, -0.15) is 4.52 Å². The first kappa shape index (κ1) is 15.9. The van der Waals surface area contributed by atoms with Crippen LogP contribution in [0.5, 0.6) is 0 Å². The van der Waals surface area contributed by atoms with Crippen LogP contribution in [0, 0.1) is 0 Å². The van der Waals surface area contributed by atoms with E-state index in [1.807, 2.05) is 6.26 Å². The Morgan fingerprint density at radius 2 is 2.21 bits per heavy atom. The summed E-state index contributed by atoms with van der Waals surface area (Å²) in [4.78, 5) is 30.9. The van der Waals surface area contributed by atoms with Crippen LogP contribution in [-0.4, -0.2) is 57.1 Å². The number of fused-ring (bicyclic) bond motifs is 1. The zero-order valence-electron chi connectivity index (χ0n) is 13.2. The number of alkyl carbamates (subject to hydrolysis) is 1. The summed E-state index contributed by atoms with van der Waals surface area (Å²) in [6.45, 7) is 2.84. The number of piperidine rings is 1. The molecule has 0 aliphatic carbocycles. The maximum Gasteiger partial charge on any atom is 0.407 e. The maximum absolute atomic E-state index is 12.2. The SMILES string of the molecule is CSc1nn2c(=O)cc(CN3CCC4(CC3)CNC(=O)O4)nc2s1. The number of ether oxygens (including phenoxy) is 1. The van der Waals surface area contributed by atoms with E-state index in [-0.39, 0.29) is 17.3 Å². The van der Waals surface area contributed by atoms with E-state index in [2.05, 4.69) is 20.3 Å². The number of carbonyl (C=O) groups is 1. The molecule has 24 heavy (non-hydrogen) atoms. The van der Waals surface area contributed by atoms with Gasteiger partial charge in [0.1, 0.15) is 5.60 Å². The summed E-state index contributed by atoms with van der Waals surface area (Å²) >= 11 is 2.93. The highest BCUT2D eigenvalue weighted by atomic mass is 32.2. The van der Waals surface area contributed by atoms with Crippen molar-refractivity contribution in [2.75, 3.05) is 25.9 Å². The number of aromatic nitrogens is 3. The second-order valence-corrected chi connectivity index (χ2v) is 8.06. The van der Waals surface area contributed by atoms with Crippen LogP contribution in [0.15, 0.2) is 15.2 Å². The highest BCUT2D eigenvalue weighted by Gasteiger charge is 2.42. The Morgan fingerprint density at radius 1 is 1.42 bits per heavy atom. The van der Waals surface area contributed by atoms with Crippen molar-refractivity contribution in [2.24, 2.45) is 0 Å². The van der Waals surface area contributed by atoms with Crippen LogP contribution in [0.25, 0.3) is 4.96 Å². The topological polar surface area (TPSA) is 88.8 Å². The summed E-state index contributed by atoms with van der Waals surface area (Å²) in [5.41, 5.74) is 0.262. The lowest BCUT2D eigenvalue weighted by molar-refractivity contribution is -0.00128. The van der Waals surface area contributed by atoms with Crippen molar-refractivity contribution >= 4 is 34.2 Å². The Morgan fingerprint density at radius 3 is 2.88 bits per heavy atom. The third-order valence-corrected chi connectivity index (χ3v) is 6.36. The lowest BCUT2D eigenvalue weighted by Crippen LogP contribution is -2.46. The third-order valence-electron chi connectivity index (χ3n) is 4.47. The van der Waals surface area contributed by atoms with Crippen LogP contribution in [0.2, 0.25) is 0 Å². The van der Waals surface area contributed by atoms with Crippen LogP contribution in [0.3, 0.4) is 0 Å². The lowest BCUT2D eigenvalue weighted by Gasteiger charge is -2.36. The summed E-state index contributed by atoms with van der Waals surface area (Å²) < 4.78 is 7.61. The van der Waals surface area contributed by atoms with E-state index in [9.17, 15) is 9.59 Å². The zero-order valence-corrected chi connectivity index (χ0v) is 14.8. The van der Waals surface area contributed by atoms with Crippen LogP contribution < -0.4 is 10.9 Å². The first-order valence-corrected chi connectivity index (χ1v) is 9.74. The number of rotatable bonds is 3. The minimum Gasteiger partial charge on any atom is -0.441 e. The van der Waals surface area contributed by atoms with Crippen molar-refractivity contribution in [3.8, 4) is 0 Å². The van der Waals surface area contributed by atoms with Crippen molar-refractivity contribution < 1.29 is 9.53 Å². The summed E-state index contributed by atoms with van der Waals surface area (Å²) in [5, 5.41) is 6.96. The number of nitrogens with one attached hydrogen (secondary N) is 1. The van der Waals surface area contributed by atoms with Gasteiger partial charge in [0.2, 0.25) is 4.96 Å². The number of hydrogen-bond donors (Lipinski definition) is 1. The third kappa shape index (κ3) is 2.89. The van der Waals surface area contributed by atoms with Crippen LogP contribution >= 0.6 is 23.1 Å². The van der Waals surface area contributed by atoms with Gasteiger partial charge in [-0.1, -0.05) is 23.1 Å². The first-order valence-electron chi connectivity index (χ1n) is 7.70. The monoisotopic (exact) mass is 367 g/mol. The van der Waals surface area contributed by atoms with E-state index in [4.69, 9.17) is 4.74 Å². The number of thioether (sulfide) groups is 1. The Balaban J connectivity index is 1.47. The molecule has 10 heteroatoms. The molecule has 0 radical (unpaired) electrons. The molecule has 1 spiro atoms. The molecule has 128 valence electrons. The average Bonchev–Trinajstić information content (AvgIpc) is 3.14. The van der Waals surface area contributed by atoms with Crippen LogP contribution in [-0.2, 0) is 11.3 Å². The van der Waals surface area contributed by atoms with Gasteiger partial charge in [-0.3, -0.25) is 9.69 Å². The van der Waals surface area contributed by atoms with E-state index in [1.165, 1.54) is 27.6 Å². The van der Waals surface area contributed by atoms with Gasteiger partial charge in [0.25, 0.3) is 5.56 Å². The smallest absolute Gasteiger partial charge is 0.407 e. The van der Waals surface area contributed by atoms with Crippen molar-refractivity contribution in [2.45, 2.75) is 29.3 Å². The van der Waals surface area contributed by atoms with Gasteiger partial charge in [-0.15, -0.1) is 5.10 Å². The van der Waals surface area contributed by atoms with Gasteiger partial charge in [-0.25, -0.2) is 9.78 Å². The fraction of sp³-hybridized carbons (Fsp3) is 0.571. The largest absolute Gasteiger partial charge is 0.441 e. The molecule has 0 unspecified atom stereocenters. The van der Waals surface area contributed by atoms with E-state index < -0.39 is 0 Å². The molecule has 2 aliphatic heterocycles. The van der Waals surface area contributed by atoms with Crippen LogP contribution in [0.4, 0.5) is 4.79 Å². The molecule has 2 saturated heterocycles.